The molecule has 2 heterocycles. The molecule has 0 bridgehead atoms. The Bertz CT molecular complexity index is 938. The minimum Gasteiger partial charge on any atom is -0.458 e. The van der Waals surface area contributed by atoms with E-state index in [0.717, 1.165) is 5.01 Å². The van der Waals surface area contributed by atoms with E-state index in [1.54, 1.807) is 40.7 Å². The summed E-state index contributed by atoms with van der Waals surface area (Å²) in [5.41, 5.74) is -1.39. The van der Waals surface area contributed by atoms with Crippen molar-refractivity contribution in [1.29, 1.82) is 0 Å². The maximum absolute atomic E-state index is 13.2. The average Bonchev–Trinajstić information content (AvgIpc) is 3.20. The first-order valence-electron chi connectivity index (χ1n) is 12.7. The lowest BCUT2D eigenvalue weighted by Gasteiger charge is -2.36. The molecule has 0 amide bonds. The smallest absolute Gasteiger partial charge is 0.309 e. The quantitative estimate of drug-likeness (QED) is 0.431. The van der Waals surface area contributed by atoms with Crippen molar-refractivity contribution in [2.75, 3.05) is 0 Å². The molecule has 1 unspecified atom stereocenters. The van der Waals surface area contributed by atoms with Gasteiger partial charge >= 0.3 is 5.97 Å². The second kappa shape index (κ2) is 12.3. The van der Waals surface area contributed by atoms with Gasteiger partial charge in [-0.3, -0.25) is 9.59 Å². The second-order valence-electron chi connectivity index (χ2n) is 11.2. The van der Waals surface area contributed by atoms with Crippen molar-refractivity contribution >= 4 is 29.2 Å². The van der Waals surface area contributed by atoms with E-state index < -0.39 is 53.7 Å². The molecule has 0 radical (unpaired) electrons. The van der Waals surface area contributed by atoms with Gasteiger partial charge in [0.05, 0.1) is 46.5 Å². The summed E-state index contributed by atoms with van der Waals surface area (Å²) in [5, 5.41) is 46.3. The number of rotatable bonds is 2. The highest BCUT2D eigenvalue weighted by Crippen LogP contribution is 2.33. The Morgan fingerprint density at radius 3 is 2.39 bits per heavy atom. The molecular weight excluding hydrogens is 482 g/mol. The molecule has 0 aliphatic carbocycles. The zero-order valence-electron chi connectivity index (χ0n) is 22.5. The van der Waals surface area contributed by atoms with Gasteiger partial charge in [0.2, 0.25) is 0 Å². The predicted octanol–water partition coefficient (Wildman–Crippen LogP) is 3.43. The van der Waals surface area contributed by atoms with E-state index in [9.17, 15) is 30.0 Å². The molecule has 1 aromatic heterocycles. The standard InChI is InChI=1S/C27H43NO7S/c1-15-9-8-10-27(7,34)22(30)12-20(16(2)11-19-14-36-18(4)28-19)35-23(31)13-21(29)26(5,6)25(33)17(3)24(15)32/h11,14-15,17,20-22,24,29-30,32,34H,8-10,12-13H2,1-7H3/b16-11+/t15-,17+,20-,21?,22-,24-,27-/m0/s1. The molecule has 2 rings (SSSR count). The fraction of sp³-hybridized carbons (Fsp3) is 0.741. The molecule has 204 valence electrons. The first kappa shape index (κ1) is 30.6. The summed E-state index contributed by atoms with van der Waals surface area (Å²) >= 11 is 1.49. The number of hydrogen-bond acceptors (Lipinski definition) is 9. The monoisotopic (exact) mass is 525 g/mol. The van der Waals surface area contributed by atoms with Gasteiger partial charge in [0.15, 0.2) is 0 Å². The summed E-state index contributed by atoms with van der Waals surface area (Å²) < 4.78 is 5.70. The van der Waals surface area contributed by atoms with Crippen molar-refractivity contribution in [3.63, 3.8) is 0 Å². The Balaban J connectivity index is 2.39. The van der Waals surface area contributed by atoms with Gasteiger partial charge in [-0.1, -0.05) is 34.1 Å². The highest BCUT2D eigenvalue weighted by molar-refractivity contribution is 7.09. The van der Waals surface area contributed by atoms with Crippen LogP contribution in [-0.2, 0) is 14.3 Å². The third-order valence-corrected chi connectivity index (χ3v) is 8.42. The van der Waals surface area contributed by atoms with Gasteiger partial charge in [-0.25, -0.2) is 4.98 Å². The number of ketones is 1. The molecule has 8 nitrogen and oxygen atoms in total. The molecule has 4 N–H and O–H groups in total. The normalized spacial score (nSPS) is 35.9. The van der Waals surface area contributed by atoms with Gasteiger partial charge in [-0.15, -0.1) is 11.3 Å². The molecule has 1 aromatic rings. The van der Waals surface area contributed by atoms with Gasteiger partial charge in [0, 0.05) is 17.7 Å². The highest BCUT2D eigenvalue weighted by Gasteiger charge is 2.43. The number of aryl methyl sites for hydroxylation is 1. The number of Topliss-reactive ketones (excluding diaryl/α,β-unsaturated/α-hetero) is 1. The zero-order chi connectivity index (χ0) is 27.4. The SMILES string of the molecule is C/C(=C\c1csc(C)n1)[C@@H]1C[C@H](O)[C@@](C)(O)CCC[C@H](C)[C@H](O)[C@@H](C)C(=O)C(C)(C)C(O)CC(=O)O1. The van der Waals surface area contributed by atoms with E-state index in [-0.39, 0.29) is 24.5 Å². The molecule has 1 fully saturated rings. The number of carbonyl (C=O) groups excluding carboxylic acids is 2. The van der Waals surface area contributed by atoms with Crippen LogP contribution in [0.15, 0.2) is 11.0 Å². The number of nitrogens with zero attached hydrogens (tertiary/aromatic N) is 1. The first-order chi connectivity index (χ1) is 16.6. The van der Waals surface area contributed by atoms with Gasteiger partial charge in [0.1, 0.15) is 11.9 Å². The van der Waals surface area contributed by atoms with Gasteiger partial charge in [-0.2, -0.15) is 0 Å². The lowest BCUT2D eigenvalue weighted by Crippen LogP contribution is -2.46. The van der Waals surface area contributed by atoms with Gasteiger partial charge in [-0.05, 0) is 51.2 Å². The van der Waals surface area contributed by atoms with Gasteiger partial charge < -0.3 is 25.2 Å². The minimum absolute atomic E-state index is 0.0438. The molecule has 0 saturated carbocycles. The van der Waals surface area contributed by atoms with Crippen molar-refractivity contribution in [2.45, 2.75) is 111 Å². The maximum atomic E-state index is 13.2. The number of cyclic esters (lactones) is 1. The Labute approximate surface area is 218 Å². The molecule has 0 aromatic carbocycles. The number of aliphatic hydroxyl groups is 4. The molecule has 1 saturated heterocycles. The van der Waals surface area contributed by atoms with Crippen molar-refractivity contribution in [1.82, 2.24) is 4.98 Å². The van der Waals surface area contributed by atoms with Crippen molar-refractivity contribution in [3.8, 4) is 0 Å². The number of ether oxygens (including phenoxy) is 1. The zero-order valence-corrected chi connectivity index (χ0v) is 23.3. The summed E-state index contributed by atoms with van der Waals surface area (Å²) in [6, 6.07) is 0. The lowest BCUT2D eigenvalue weighted by atomic mass is 9.73. The van der Waals surface area contributed by atoms with E-state index in [4.69, 9.17) is 4.74 Å². The lowest BCUT2D eigenvalue weighted by molar-refractivity contribution is -0.157. The second-order valence-corrected chi connectivity index (χ2v) is 12.3. The Hall–Kier alpha value is -1.65. The van der Waals surface area contributed by atoms with Crippen LogP contribution in [0.5, 0.6) is 0 Å². The van der Waals surface area contributed by atoms with Crippen molar-refractivity contribution < 1.29 is 34.8 Å². The third-order valence-electron chi connectivity index (χ3n) is 7.63. The molecule has 1 aliphatic rings. The fourth-order valence-electron chi connectivity index (χ4n) is 4.69. The molecule has 7 atom stereocenters. The first-order valence-corrected chi connectivity index (χ1v) is 13.5. The Kier molecular flexibility index (Phi) is 10.4. The molecule has 9 heteroatoms. The summed E-state index contributed by atoms with van der Waals surface area (Å²) in [6.45, 7) is 11.8. The number of thiazole rings is 1. The minimum atomic E-state index is -1.45. The Morgan fingerprint density at radius 1 is 1.17 bits per heavy atom. The van der Waals surface area contributed by atoms with Crippen LogP contribution in [0, 0.1) is 24.2 Å². The topological polar surface area (TPSA) is 137 Å². The van der Waals surface area contributed by atoms with Crippen molar-refractivity contribution in [2.24, 2.45) is 17.3 Å². The van der Waals surface area contributed by atoms with Crippen LogP contribution in [-0.4, -0.2) is 67.2 Å². The van der Waals surface area contributed by atoms with Gasteiger partial charge in [0.25, 0.3) is 0 Å². The van der Waals surface area contributed by atoms with Crippen LogP contribution < -0.4 is 0 Å². The van der Waals surface area contributed by atoms with Crippen LogP contribution in [0.4, 0.5) is 0 Å². The van der Waals surface area contributed by atoms with E-state index in [0.29, 0.717) is 24.1 Å². The van der Waals surface area contributed by atoms with E-state index in [2.05, 4.69) is 4.98 Å². The number of carbonyl (C=O) groups is 2. The number of hydrogen-bond donors (Lipinski definition) is 4. The molecule has 36 heavy (non-hydrogen) atoms. The van der Waals surface area contributed by atoms with Crippen molar-refractivity contribution in [3.05, 3.63) is 21.7 Å². The average molecular weight is 526 g/mol. The van der Waals surface area contributed by atoms with Crippen LogP contribution >= 0.6 is 11.3 Å². The van der Waals surface area contributed by atoms with E-state index >= 15 is 0 Å². The molecule has 0 spiro atoms. The van der Waals surface area contributed by atoms with Crippen LogP contribution in [0.25, 0.3) is 6.08 Å². The van der Waals surface area contributed by atoms with Crippen LogP contribution in [0.2, 0.25) is 0 Å². The summed E-state index contributed by atoms with van der Waals surface area (Å²) in [5.74, 6) is -2.04. The van der Waals surface area contributed by atoms with E-state index in [1.807, 2.05) is 19.2 Å². The maximum Gasteiger partial charge on any atom is 0.309 e. The largest absolute Gasteiger partial charge is 0.458 e. The predicted molar refractivity (Wildman–Crippen MR) is 139 cm³/mol. The van der Waals surface area contributed by atoms with Crippen LogP contribution in [0.1, 0.15) is 84.3 Å². The van der Waals surface area contributed by atoms with E-state index in [1.165, 1.54) is 11.3 Å². The Morgan fingerprint density at radius 2 is 1.81 bits per heavy atom. The molecule has 1 aliphatic heterocycles. The van der Waals surface area contributed by atoms with Crippen LogP contribution in [0.3, 0.4) is 0 Å². The number of esters is 1. The number of aromatic nitrogens is 1. The summed E-state index contributed by atoms with van der Waals surface area (Å²) in [7, 11) is 0. The highest BCUT2D eigenvalue weighted by atomic mass is 32.1. The summed E-state index contributed by atoms with van der Waals surface area (Å²) in [6.07, 6.45) is -1.67. The fourth-order valence-corrected chi connectivity index (χ4v) is 5.26. The number of aliphatic hydroxyl groups excluding tert-OH is 3. The third kappa shape index (κ3) is 7.68. The summed E-state index contributed by atoms with van der Waals surface area (Å²) in [4.78, 5) is 30.5. The molecular formula is C27H43NO7S.